The minimum Gasteiger partial charge on any atom is -0.362 e. The molecule has 1 amide bonds. The molecule has 3 rings (SSSR count). The average molecular weight is 375 g/mol. The second-order valence-corrected chi connectivity index (χ2v) is 7.30. The number of hydrogen-bond acceptors (Lipinski definition) is 4. The van der Waals surface area contributed by atoms with Gasteiger partial charge in [-0.3, -0.25) is 10.2 Å². The molecule has 0 spiro atoms. The zero-order chi connectivity index (χ0) is 17.9. The van der Waals surface area contributed by atoms with E-state index in [0.29, 0.717) is 10.6 Å². The van der Waals surface area contributed by atoms with Gasteiger partial charge in [-0.15, -0.1) is 11.8 Å². The standard InChI is InChI=1S/C19H19ClN2O2S/c1-14-11-19(24,16-7-9-17(20)10-8-16)22(21-14)18(23)13-25-12-15-5-3-2-4-6-15/h2-11,21,24H,12-13H2,1H3/t19-/m0/s1. The van der Waals surface area contributed by atoms with Crippen LogP contribution in [0.5, 0.6) is 0 Å². The number of carbonyl (C=O) groups is 1. The average Bonchev–Trinajstić information content (AvgIpc) is 2.92. The minimum atomic E-state index is -1.51. The lowest BCUT2D eigenvalue weighted by Crippen LogP contribution is -2.51. The van der Waals surface area contributed by atoms with Crippen LogP contribution in [0.4, 0.5) is 0 Å². The zero-order valence-corrected chi connectivity index (χ0v) is 15.3. The molecule has 2 aromatic carbocycles. The highest BCUT2D eigenvalue weighted by Gasteiger charge is 2.42. The Labute approximate surface area is 156 Å². The summed E-state index contributed by atoms with van der Waals surface area (Å²) >= 11 is 7.44. The van der Waals surface area contributed by atoms with Crippen LogP contribution in [-0.4, -0.2) is 21.8 Å². The number of rotatable bonds is 5. The number of hydrogen-bond donors (Lipinski definition) is 2. The molecule has 25 heavy (non-hydrogen) atoms. The van der Waals surface area contributed by atoms with E-state index < -0.39 is 5.72 Å². The van der Waals surface area contributed by atoms with Crippen LogP contribution in [-0.2, 0) is 16.3 Å². The first-order valence-corrected chi connectivity index (χ1v) is 9.41. The fraction of sp³-hybridized carbons (Fsp3) is 0.211. The van der Waals surface area contributed by atoms with Gasteiger partial charge in [0, 0.05) is 22.0 Å². The molecular weight excluding hydrogens is 356 g/mol. The van der Waals surface area contributed by atoms with Crippen molar-refractivity contribution in [3.63, 3.8) is 0 Å². The maximum Gasteiger partial charge on any atom is 0.254 e. The molecule has 0 radical (unpaired) electrons. The van der Waals surface area contributed by atoms with Gasteiger partial charge in [0.2, 0.25) is 5.72 Å². The maximum atomic E-state index is 12.7. The molecular formula is C19H19ClN2O2S. The minimum absolute atomic E-state index is 0.188. The predicted molar refractivity (Wildman–Crippen MR) is 102 cm³/mol. The molecule has 2 aromatic rings. The lowest BCUT2D eigenvalue weighted by atomic mass is 10.0. The second-order valence-electron chi connectivity index (χ2n) is 5.88. The smallest absolute Gasteiger partial charge is 0.254 e. The second kappa shape index (κ2) is 7.52. The molecule has 1 atom stereocenters. The first-order chi connectivity index (χ1) is 12.0. The van der Waals surface area contributed by atoms with Crippen LogP contribution in [0.1, 0.15) is 18.1 Å². The lowest BCUT2D eigenvalue weighted by Gasteiger charge is -2.33. The van der Waals surface area contributed by atoms with Crippen molar-refractivity contribution in [2.75, 3.05) is 5.75 Å². The van der Waals surface area contributed by atoms with Crippen molar-refractivity contribution in [3.05, 3.63) is 82.5 Å². The van der Waals surface area contributed by atoms with E-state index in [0.717, 1.165) is 17.0 Å². The highest BCUT2D eigenvalue weighted by atomic mass is 35.5. The summed E-state index contributed by atoms with van der Waals surface area (Å²) < 4.78 is 0. The van der Waals surface area contributed by atoms with Crippen molar-refractivity contribution in [1.82, 2.24) is 10.4 Å². The Morgan fingerprint density at radius 3 is 2.56 bits per heavy atom. The fourth-order valence-electron chi connectivity index (χ4n) is 2.72. The van der Waals surface area contributed by atoms with E-state index in [1.54, 1.807) is 30.3 Å². The van der Waals surface area contributed by atoms with E-state index >= 15 is 0 Å². The van der Waals surface area contributed by atoms with Crippen molar-refractivity contribution in [1.29, 1.82) is 0 Å². The topological polar surface area (TPSA) is 52.6 Å². The Bertz CT molecular complexity index is 780. The molecule has 4 nitrogen and oxygen atoms in total. The number of carbonyl (C=O) groups excluding carboxylic acids is 1. The molecule has 2 N–H and O–H groups in total. The van der Waals surface area contributed by atoms with Crippen LogP contribution in [0.15, 0.2) is 66.4 Å². The largest absolute Gasteiger partial charge is 0.362 e. The summed E-state index contributed by atoms with van der Waals surface area (Å²) in [6, 6.07) is 16.8. The summed E-state index contributed by atoms with van der Waals surface area (Å²) in [6.45, 7) is 1.81. The Morgan fingerprint density at radius 2 is 1.88 bits per heavy atom. The summed E-state index contributed by atoms with van der Waals surface area (Å²) in [5.74, 6) is 0.817. The zero-order valence-electron chi connectivity index (χ0n) is 13.8. The number of halogens is 1. The Balaban J connectivity index is 1.69. The van der Waals surface area contributed by atoms with Gasteiger partial charge in [0.15, 0.2) is 0 Å². The van der Waals surface area contributed by atoms with Gasteiger partial charge in [-0.1, -0.05) is 54.1 Å². The van der Waals surface area contributed by atoms with Crippen LogP contribution < -0.4 is 5.43 Å². The summed E-state index contributed by atoms with van der Waals surface area (Å²) in [7, 11) is 0. The molecule has 6 heteroatoms. The Kier molecular flexibility index (Phi) is 5.37. The molecule has 1 aliphatic heterocycles. The van der Waals surface area contributed by atoms with E-state index in [2.05, 4.69) is 5.43 Å². The summed E-state index contributed by atoms with van der Waals surface area (Å²) in [4.78, 5) is 12.7. The van der Waals surface area contributed by atoms with Gasteiger partial charge in [0.1, 0.15) is 0 Å². The maximum absolute atomic E-state index is 12.7. The van der Waals surface area contributed by atoms with Crippen molar-refractivity contribution in [2.24, 2.45) is 0 Å². The van der Waals surface area contributed by atoms with Crippen LogP contribution in [0.3, 0.4) is 0 Å². The molecule has 0 aliphatic carbocycles. The van der Waals surface area contributed by atoms with Crippen molar-refractivity contribution in [3.8, 4) is 0 Å². The number of thioether (sulfide) groups is 1. The number of hydrazine groups is 1. The summed E-state index contributed by atoms with van der Waals surface area (Å²) in [5, 5.41) is 12.9. The van der Waals surface area contributed by atoms with E-state index in [9.17, 15) is 9.90 Å². The monoisotopic (exact) mass is 374 g/mol. The van der Waals surface area contributed by atoms with Gasteiger partial charge in [-0.2, -0.15) is 0 Å². The summed E-state index contributed by atoms with van der Waals surface area (Å²) in [6.07, 6.45) is 1.63. The molecule has 1 heterocycles. The molecule has 0 unspecified atom stereocenters. The van der Waals surface area contributed by atoms with Gasteiger partial charge in [-0.05, 0) is 30.7 Å². The Hall–Kier alpha value is -1.95. The number of nitrogens with zero attached hydrogens (tertiary/aromatic N) is 1. The molecule has 1 aliphatic rings. The molecule has 0 saturated carbocycles. The third-order valence-electron chi connectivity index (χ3n) is 3.90. The fourth-order valence-corrected chi connectivity index (χ4v) is 3.68. The van der Waals surface area contributed by atoms with Crippen molar-refractivity contribution < 1.29 is 9.90 Å². The number of amides is 1. The SMILES string of the molecule is CC1=C[C@](O)(c2ccc(Cl)cc2)N(C(=O)CSCc2ccccc2)N1. The third-order valence-corrected chi connectivity index (χ3v) is 5.14. The molecule has 0 aromatic heterocycles. The van der Waals surface area contributed by atoms with Crippen LogP contribution >= 0.6 is 23.4 Å². The van der Waals surface area contributed by atoms with Gasteiger partial charge in [0.25, 0.3) is 5.91 Å². The van der Waals surface area contributed by atoms with Crippen LogP contribution in [0.2, 0.25) is 5.02 Å². The quantitative estimate of drug-likeness (QED) is 0.838. The third kappa shape index (κ3) is 4.00. The van der Waals surface area contributed by atoms with Gasteiger partial charge in [0.05, 0.1) is 5.75 Å². The van der Waals surface area contributed by atoms with E-state index in [1.807, 2.05) is 37.3 Å². The first kappa shape index (κ1) is 17.9. The normalized spacial score (nSPS) is 19.5. The van der Waals surface area contributed by atoms with Crippen molar-refractivity contribution >= 4 is 29.3 Å². The number of nitrogens with one attached hydrogen (secondary N) is 1. The number of benzene rings is 2. The lowest BCUT2D eigenvalue weighted by molar-refractivity contribution is -0.152. The number of aliphatic hydroxyl groups is 1. The molecule has 0 fully saturated rings. The highest BCUT2D eigenvalue weighted by Crippen LogP contribution is 2.33. The summed E-state index contributed by atoms with van der Waals surface area (Å²) in [5.41, 5.74) is 3.91. The molecule has 0 saturated heterocycles. The van der Waals surface area contributed by atoms with Crippen LogP contribution in [0.25, 0.3) is 0 Å². The van der Waals surface area contributed by atoms with Crippen LogP contribution in [0, 0.1) is 0 Å². The van der Waals surface area contributed by atoms with E-state index in [4.69, 9.17) is 11.6 Å². The van der Waals surface area contributed by atoms with E-state index in [1.165, 1.54) is 16.8 Å². The number of allylic oxidation sites excluding steroid dienone is 1. The molecule has 0 bridgehead atoms. The Morgan fingerprint density at radius 1 is 1.20 bits per heavy atom. The molecule has 130 valence electrons. The van der Waals surface area contributed by atoms with Crippen molar-refractivity contribution in [2.45, 2.75) is 18.4 Å². The van der Waals surface area contributed by atoms with Gasteiger partial charge in [-0.25, -0.2) is 5.01 Å². The first-order valence-electron chi connectivity index (χ1n) is 7.88. The van der Waals surface area contributed by atoms with Gasteiger partial charge >= 0.3 is 0 Å². The van der Waals surface area contributed by atoms with E-state index in [-0.39, 0.29) is 11.7 Å². The highest BCUT2D eigenvalue weighted by molar-refractivity contribution is 7.99. The predicted octanol–water partition coefficient (Wildman–Crippen LogP) is 3.67. The van der Waals surface area contributed by atoms with Gasteiger partial charge < -0.3 is 5.11 Å².